The standard InChI is InChI=1S/C16H14N4O3S2/c21-16(19-12-3-6-15-14(9-12)17-10-24-15)11-1-4-13(5-2-11)20-8-7-18-25(20,22)23/h1-6,9-10,18H,7-8H2,(H,19,21). The first kappa shape index (κ1) is 16.0. The van der Waals surface area contributed by atoms with Crippen LogP contribution in [0, 0.1) is 0 Å². The van der Waals surface area contributed by atoms with Gasteiger partial charge in [0.05, 0.1) is 21.4 Å². The van der Waals surface area contributed by atoms with E-state index in [2.05, 4.69) is 15.0 Å². The maximum absolute atomic E-state index is 12.4. The van der Waals surface area contributed by atoms with Crippen molar-refractivity contribution < 1.29 is 13.2 Å². The quantitative estimate of drug-likeness (QED) is 0.735. The molecule has 3 aromatic rings. The number of fused-ring (bicyclic) bond motifs is 1. The van der Waals surface area contributed by atoms with Crippen molar-refractivity contribution >= 4 is 49.0 Å². The van der Waals surface area contributed by atoms with E-state index in [0.717, 1.165) is 10.2 Å². The number of aromatic nitrogens is 1. The molecule has 0 radical (unpaired) electrons. The Bertz CT molecular complexity index is 1040. The predicted octanol–water partition coefficient (Wildman–Crippen LogP) is 2.20. The minimum Gasteiger partial charge on any atom is -0.322 e. The van der Waals surface area contributed by atoms with Crippen LogP contribution < -0.4 is 14.3 Å². The molecule has 1 aliphatic heterocycles. The first-order chi connectivity index (χ1) is 12.0. The molecule has 1 aromatic heterocycles. The Hall–Kier alpha value is -2.49. The molecule has 1 amide bonds. The second-order valence-electron chi connectivity index (χ2n) is 5.51. The monoisotopic (exact) mass is 374 g/mol. The summed E-state index contributed by atoms with van der Waals surface area (Å²) in [6.45, 7) is 0.755. The van der Waals surface area contributed by atoms with Crippen molar-refractivity contribution in [2.24, 2.45) is 0 Å². The molecule has 25 heavy (non-hydrogen) atoms. The normalized spacial score (nSPS) is 16.2. The molecule has 1 saturated heterocycles. The van der Waals surface area contributed by atoms with Gasteiger partial charge in [0.15, 0.2) is 0 Å². The number of benzene rings is 2. The Labute approximate surface area is 148 Å². The van der Waals surface area contributed by atoms with Crippen LogP contribution in [0.4, 0.5) is 11.4 Å². The topological polar surface area (TPSA) is 91.4 Å². The molecule has 2 N–H and O–H groups in total. The van der Waals surface area contributed by atoms with Crippen molar-refractivity contribution in [2.75, 3.05) is 22.7 Å². The summed E-state index contributed by atoms with van der Waals surface area (Å²) in [6, 6.07) is 12.0. The van der Waals surface area contributed by atoms with Crippen LogP contribution >= 0.6 is 11.3 Å². The van der Waals surface area contributed by atoms with Gasteiger partial charge in [0.25, 0.3) is 5.91 Å². The first-order valence-electron chi connectivity index (χ1n) is 7.55. The van der Waals surface area contributed by atoms with E-state index in [1.165, 1.54) is 4.31 Å². The zero-order valence-corrected chi connectivity index (χ0v) is 14.6. The van der Waals surface area contributed by atoms with Gasteiger partial charge < -0.3 is 5.32 Å². The number of rotatable bonds is 3. The van der Waals surface area contributed by atoms with Gasteiger partial charge in [-0.25, -0.2) is 4.98 Å². The summed E-state index contributed by atoms with van der Waals surface area (Å²) < 4.78 is 28.5. The third kappa shape index (κ3) is 3.09. The van der Waals surface area contributed by atoms with Crippen LogP contribution in [-0.2, 0) is 10.2 Å². The minimum atomic E-state index is -3.46. The van der Waals surface area contributed by atoms with E-state index in [9.17, 15) is 13.2 Å². The lowest BCUT2D eigenvalue weighted by Gasteiger charge is -2.16. The van der Waals surface area contributed by atoms with Crippen molar-refractivity contribution in [3.63, 3.8) is 0 Å². The molecule has 4 rings (SSSR count). The summed E-state index contributed by atoms with van der Waals surface area (Å²) >= 11 is 1.54. The number of thiazole rings is 1. The van der Waals surface area contributed by atoms with Crippen molar-refractivity contribution in [1.82, 2.24) is 9.71 Å². The van der Waals surface area contributed by atoms with Gasteiger partial charge in [-0.1, -0.05) is 0 Å². The molecule has 0 bridgehead atoms. The Morgan fingerprint density at radius 1 is 1.20 bits per heavy atom. The molecule has 2 aromatic carbocycles. The highest BCUT2D eigenvalue weighted by atomic mass is 32.2. The van der Waals surface area contributed by atoms with E-state index in [0.29, 0.717) is 30.0 Å². The maximum Gasteiger partial charge on any atom is 0.301 e. The van der Waals surface area contributed by atoms with Crippen molar-refractivity contribution in [3.8, 4) is 0 Å². The van der Waals surface area contributed by atoms with Crippen molar-refractivity contribution in [1.29, 1.82) is 0 Å². The number of amides is 1. The number of nitrogens with one attached hydrogen (secondary N) is 2. The van der Waals surface area contributed by atoms with Gasteiger partial charge in [-0.3, -0.25) is 9.10 Å². The number of hydrogen-bond donors (Lipinski definition) is 2. The molecule has 2 heterocycles. The SMILES string of the molecule is O=C(Nc1ccc2scnc2c1)c1ccc(N2CCNS2(=O)=O)cc1. The molecule has 9 heteroatoms. The molecule has 128 valence electrons. The molecule has 1 fully saturated rings. The molecular formula is C16H14N4O3S2. The van der Waals surface area contributed by atoms with Crippen LogP contribution in [0.25, 0.3) is 10.2 Å². The third-order valence-corrected chi connectivity index (χ3v) is 6.25. The molecular weight excluding hydrogens is 360 g/mol. The lowest BCUT2D eigenvalue weighted by atomic mass is 10.2. The number of anilines is 2. The summed E-state index contributed by atoms with van der Waals surface area (Å²) in [6.07, 6.45) is 0. The van der Waals surface area contributed by atoms with E-state index in [-0.39, 0.29) is 5.91 Å². The summed E-state index contributed by atoms with van der Waals surface area (Å²) in [4.78, 5) is 16.6. The second kappa shape index (κ2) is 6.10. The highest BCUT2D eigenvalue weighted by molar-refractivity contribution is 7.91. The van der Waals surface area contributed by atoms with Crippen LogP contribution in [0.15, 0.2) is 48.0 Å². The van der Waals surface area contributed by atoms with Gasteiger partial charge in [-0.05, 0) is 42.5 Å². The van der Waals surface area contributed by atoms with Gasteiger partial charge in [0.1, 0.15) is 0 Å². The van der Waals surface area contributed by atoms with E-state index in [1.807, 2.05) is 18.2 Å². The minimum absolute atomic E-state index is 0.261. The highest BCUT2D eigenvalue weighted by Crippen LogP contribution is 2.23. The molecule has 0 atom stereocenters. The molecule has 0 spiro atoms. The Morgan fingerprint density at radius 2 is 2.00 bits per heavy atom. The largest absolute Gasteiger partial charge is 0.322 e. The van der Waals surface area contributed by atoms with E-state index in [4.69, 9.17) is 0 Å². The first-order valence-corrected chi connectivity index (χ1v) is 9.87. The summed E-state index contributed by atoms with van der Waals surface area (Å²) in [5.74, 6) is -0.261. The lowest BCUT2D eigenvalue weighted by molar-refractivity contribution is 0.102. The average molecular weight is 374 g/mol. The number of carbonyl (C=O) groups excluding carboxylic acids is 1. The third-order valence-electron chi connectivity index (χ3n) is 3.90. The van der Waals surface area contributed by atoms with Crippen molar-refractivity contribution in [2.45, 2.75) is 0 Å². The Morgan fingerprint density at radius 3 is 2.72 bits per heavy atom. The van der Waals surface area contributed by atoms with Gasteiger partial charge >= 0.3 is 10.2 Å². The van der Waals surface area contributed by atoms with Crippen LogP contribution in [0.3, 0.4) is 0 Å². The van der Waals surface area contributed by atoms with E-state index in [1.54, 1.807) is 41.1 Å². The summed E-state index contributed by atoms with van der Waals surface area (Å²) in [5, 5.41) is 2.83. The summed E-state index contributed by atoms with van der Waals surface area (Å²) in [5.41, 5.74) is 4.25. The fourth-order valence-electron chi connectivity index (χ4n) is 2.66. The van der Waals surface area contributed by atoms with Crippen LogP contribution in [0.2, 0.25) is 0 Å². The molecule has 7 nitrogen and oxygen atoms in total. The van der Waals surface area contributed by atoms with E-state index >= 15 is 0 Å². The number of hydrogen-bond acceptors (Lipinski definition) is 5. The lowest BCUT2D eigenvalue weighted by Crippen LogP contribution is -2.29. The predicted molar refractivity (Wildman–Crippen MR) is 98.3 cm³/mol. The molecule has 1 aliphatic rings. The molecule has 0 unspecified atom stereocenters. The molecule has 0 aliphatic carbocycles. The van der Waals surface area contributed by atoms with Gasteiger partial charge in [-0.15, -0.1) is 11.3 Å². The Kier molecular flexibility index (Phi) is 3.91. The smallest absolute Gasteiger partial charge is 0.301 e. The van der Waals surface area contributed by atoms with Crippen LogP contribution in [-0.4, -0.2) is 32.4 Å². The number of nitrogens with zero attached hydrogens (tertiary/aromatic N) is 2. The maximum atomic E-state index is 12.4. The van der Waals surface area contributed by atoms with Crippen molar-refractivity contribution in [3.05, 3.63) is 53.5 Å². The van der Waals surface area contributed by atoms with Crippen LogP contribution in [0.1, 0.15) is 10.4 Å². The number of carbonyl (C=O) groups is 1. The zero-order chi connectivity index (χ0) is 17.4. The average Bonchev–Trinajstić information content (AvgIpc) is 3.20. The summed E-state index contributed by atoms with van der Waals surface area (Å²) in [7, 11) is -3.46. The van der Waals surface area contributed by atoms with Gasteiger partial charge in [0, 0.05) is 24.3 Å². The second-order valence-corrected chi connectivity index (χ2v) is 8.07. The Balaban J connectivity index is 1.52. The fourth-order valence-corrected chi connectivity index (χ4v) is 4.55. The van der Waals surface area contributed by atoms with Crippen LogP contribution in [0.5, 0.6) is 0 Å². The fraction of sp³-hybridized carbons (Fsp3) is 0.125. The van der Waals surface area contributed by atoms with Gasteiger partial charge in [0.2, 0.25) is 0 Å². The van der Waals surface area contributed by atoms with E-state index < -0.39 is 10.2 Å². The highest BCUT2D eigenvalue weighted by Gasteiger charge is 2.27. The molecule has 0 saturated carbocycles. The zero-order valence-electron chi connectivity index (χ0n) is 13.0. The van der Waals surface area contributed by atoms with Gasteiger partial charge in [-0.2, -0.15) is 13.1 Å².